The molecule has 0 aromatic heterocycles. The molecule has 2 N–H and O–H groups in total. The molecule has 0 spiro atoms. The molecule has 1 aromatic carbocycles. The highest BCUT2D eigenvalue weighted by Gasteiger charge is 2.10. The van der Waals surface area contributed by atoms with Gasteiger partial charge in [0, 0.05) is 0 Å². The summed E-state index contributed by atoms with van der Waals surface area (Å²) in [7, 11) is 0. The van der Waals surface area contributed by atoms with Crippen LogP contribution >= 0.6 is 12.2 Å². The predicted molar refractivity (Wildman–Crippen MR) is 62.7 cm³/mol. The third-order valence-electron chi connectivity index (χ3n) is 2.11. The maximum absolute atomic E-state index is 13.0. The molecule has 1 atom stereocenters. The second-order valence-corrected chi connectivity index (χ2v) is 3.78. The van der Waals surface area contributed by atoms with E-state index in [-0.39, 0.29) is 16.9 Å². The van der Waals surface area contributed by atoms with Gasteiger partial charge in [-0.1, -0.05) is 19.1 Å². The normalized spacial score (nSPS) is 12.2. The van der Waals surface area contributed by atoms with Crippen molar-refractivity contribution in [3.63, 3.8) is 0 Å². The highest BCUT2D eigenvalue weighted by Crippen LogP contribution is 2.21. The molecule has 82 valence electrons. The quantitative estimate of drug-likeness (QED) is 0.803. The van der Waals surface area contributed by atoms with Crippen LogP contribution in [-0.4, -0.2) is 11.1 Å². The monoisotopic (exact) mass is 227 g/mol. The van der Waals surface area contributed by atoms with Gasteiger partial charge in [-0.2, -0.15) is 0 Å². The van der Waals surface area contributed by atoms with Crippen LogP contribution in [0, 0.1) is 5.82 Å². The molecule has 0 saturated heterocycles. The van der Waals surface area contributed by atoms with E-state index in [0.717, 1.165) is 6.42 Å². The lowest BCUT2D eigenvalue weighted by molar-refractivity contribution is 0.217. The molecule has 0 fully saturated rings. The van der Waals surface area contributed by atoms with Gasteiger partial charge in [0.2, 0.25) is 0 Å². The fourth-order valence-corrected chi connectivity index (χ4v) is 1.26. The molecule has 0 heterocycles. The Kier molecular flexibility index (Phi) is 4.03. The second kappa shape index (κ2) is 5.07. The minimum absolute atomic E-state index is 0.0589. The van der Waals surface area contributed by atoms with E-state index in [1.807, 2.05) is 13.8 Å². The van der Waals surface area contributed by atoms with Crippen LogP contribution in [0.25, 0.3) is 0 Å². The number of halogens is 1. The number of benzene rings is 1. The van der Waals surface area contributed by atoms with Crippen molar-refractivity contribution in [1.29, 1.82) is 0 Å². The topological polar surface area (TPSA) is 35.2 Å². The summed E-state index contributed by atoms with van der Waals surface area (Å²) >= 11 is 4.83. The van der Waals surface area contributed by atoms with Crippen LogP contribution in [0.1, 0.15) is 25.8 Å². The van der Waals surface area contributed by atoms with Crippen LogP contribution in [0.2, 0.25) is 0 Å². The van der Waals surface area contributed by atoms with Crippen molar-refractivity contribution >= 4 is 17.2 Å². The van der Waals surface area contributed by atoms with E-state index >= 15 is 0 Å². The van der Waals surface area contributed by atoms with Crippen molar-refractivity contribution in [3.8, 4) is 5.75 Å². The molecule has 0 bridgehead atoms. The van der Waals surface area contributed by atoms with Crippen molar-refractivity contribution in [3.05, 3.63) is 29.6 Å². The highest BCUT2D eigenvalue weighted by molar-refractivity contribution is 7.80. The van der Waals surface area contributed by atoms with Crippen LogP contribution in [0.4, 0.5) is 4.39 Å². The van der Waals surface area contributed by atoms with Crippen LogP contribution in [0.15, 0.2) is 18.2 Å². The van der Waals surface area contributed by atoms with Gasteiger partial charge in [0.1, 0.15) is 16.6 Å². The van der Waals surface area contributed by atoms with Gasteiger partial charge < -0.3 is 10.5 Å². The molecule has 0 radical (unpaired) electrons. The van der Waals surface area contributed by atoms with Crippen molar-refractivity contribution < 1.29 is 9.13 Å². The zero-order chi connectivity index (χ0) is 11.4. The molecular weight excluding hydrogens is 213 g/mol. The summed E-state index contributed by atoms with van der Waals surface area (Å²) < 4.78 is 18.5. The molecule has 0 amide bonds. The van der Waals surface area contributed by atoms with E-state index in [4.69, 9.17) is 22.7 Å². The molecule has 0 aliphatic heterocycles. The van der Waals surface area contributed by atoms with E-state index in [1.165, 1.54) is 12.1 Å². The molecule has 15 heavy (non-hydrogen) atoms. The summed E-state index contributed by atoms with van der Waals surface area (Å²) in [5.74, 6) is 0.174. The molecule has 1 rings (SSSR count). The fraction of sp³-hybridized carbons (Fsp3) is 0.364. The zero-order valence-electron chi connectivity index (χ0n) is 8.79. The number of rotatable bonds is 4. The van der Waals surface area contributed by atoms with E-state index in [2.05, 4.69) is 0 Å². The fourth-order valence-electron chi connectivity index (χ4n) is 1.10. The third kappa shape index (κ3) is 3.16. The van der Waals surface area contributed by atoms with E-state index < -0.39 is 0 Å². The Balaban J connectivity index is 3.01. The number of thiocarbonyl (C=S) groups is 1. The number of nitrogens with two attached hydrogens (primary N) is 1. The lowest BCUT2D eigenvalue weighted by Crippen LogP contribution is -2.16. The molecule has 0 saturated carbocycles. The summed E-state index contributed by atoms with van der Waals surface area (Å²) in [6, 6.07) is 4.18. The molecule has 0 aliphatic rings. The average Bonchev–Trinajstić information content (AvgIpc) is 2.20. The first kappa shape index (κ1) is 11.9. The Labute approximate surface area is 94.2 Å². The highest BCUT2D eigenvalue weighted by atomic mass is 32.1. The number of hydrogen-bond acceptors (Lipinski definition) is 2. The number of hydrogen-bond donors (Lipinski definition) is 1. The summed E-state index contributed by atoms with van der Waals surface area (Å²) in [6.45, 7) is 3.95. The Morgan fingerprint density at radius 2 is 2.27 bits per heavy atom. The zero-order valence-corrected chi connectivity index (χ0v) is 9.60. The van der Waals surface area contributed by atoms with E-state index in [0.29, 0.717) is 11.3 Å². The van der Waals surface area contributed by atoms with Crippen LogP contribution < -0.4 is 10.5 Å². The number of ether oxygens (including phenoxy) is 1. The summed E-state index contributed by atoms with van der Waals surface area (Å²) in [5, 5.41) is 0. The lowest BCUT2D eigenvalue weighted by Gasteiger charge is -2.15. The van der Waals surface area contributed by atoms with Crippen molar-refractivity contribution in [1.82, 2.24) is 0 Å². The Hall–Kier alpha value is -1.16. The molecular formula is C11H14FNOS. The summed E-state index contributed by atoms with van der Waals surface area (Å²) in [6.07, 6.45) is 0.928. The maximum Gasteiger partial charge on any atom is 0.130 e. The van der Waals surface area contributed by atoms with Crippen LogP contribution in [0.3, 0.4) is 0 Å². The average molecular weight is 227 g/mol. The summed E-state index contributed by atoms with van der Waals surface area (Å²) in [4.78, 5) is 0.146. The first-order valence-corrected chi connectivity index (χ1v) is 5.21. The van der Waals surface area contributed by atoms with Crippen molar-refractivity contribution in [2.75, 3.05) is 0 Å². The molecule has 1 unspecified atom stereocenters. The Morgan fingerprint density at radius 3 is 2.80 bits per heavy atom. The largest absolute Gasteiger partial charge is 0.490 e. The first-order chi connectivity index (χ1) is 7.04. The minimum Gasteiger partial charge on any atom is -0.490 e. The van der Waals surface area contributed by atoms with Gasteiger partial charge in [-0.25, -0.2) is 4.39 Å². The van der Waals surface area contributed by atoms with E-state index in [9.17, 15) is 4.39 Å². The second-order valence-electron chi connectivity index (χ2n) is 3.34. The standard InChI is InChI=1S/C11H14FNOS/c1-3-7(2)14-10-5-4-8(12)6-9(10)11(13)15/h4-7H,3H2,1-2H3,(H2,13,15). The van der Waals surface area contributed by atoms with Crippen molar-refractivity contribution in [2.45, 2.75) is 26.4 Å². The molecule has 1 aromatic rings. The van der Waals surface area contributed by atoms with Crippen LogP contribution in [-0.2, 0) is 0 Å². The van der Waals surface area contributed by atoms with Crippen LogP contribution in [0.5, 0.6) is 5.75 Å². The SMILES string of the molecule is CCC(C)Oc1ccc(F)cc1C(N)=S. The van der Waals surface area contributed by atoms with Gasteiger partial charge in [-0.15, -0.1) is 0 Å². The van der Waals surface area contributed by atoms with Gasteiger partial charge in [0.05, 0.1) is 11.7 Å². The van der Waals surface area contributed by atoms with E-state index in [1.54, 1.807) is 6.07 Å². The summed E-state index contributed by atoms with van der Waals surface area (Å²) in [5.41, 5.74) is 5.93. The first-order valence-electron chi connectivity index (χ1n) is 4.80. The smallest absolute Gasteiger partial charge is 0.130 e. The molecule has 0 aliphatic carbocycles. The van der Waals surface area contributed by atoms with Gasteiger partial charge in [0.15, 0.2) is 0 Å². The van der Waals surface area contributed by atoms with Gasteiger partial charge >= 0.3 is 0 Å². The van der Waals surface area contributed by atoms with Crippen molar-refractivity contribution in [2.24, 2.45) is 5.73 Å². The van der Waals surface area contributed by atoms with Gasteiger partial charge in [0.25, 0.3) is 0 Å². The Morgan fingerprint density at radius 1 is 1.60 bits per heavy atom. The van der Waals surface area contributed by atoms with Gasteiger partial charge in [-0.05, 0) is 31.5 Å². The predicted octanol–water partition coefficient (Wildman–Crippen LogP) is 2.64. The Bertz CT molecular complexity index is 368. The van der Waals surface area contributed by atoms with Gasteiger partial charge in [-0.3, -0.25) is 0 Å². The molecule has 2 nitrogen and oxygen atoms in total. The maximum atomic E-state index is 13.0. The minimum atomic E-state index is -0.366. The molecule has 4 heteroatoms. The lowest BCUT2D eigenvalue weighted by atomic mass is 10.2. The third-order valence-corrected chi connectivity index (χ3v) is 2.33.